The van der Waals surface area contributed by atoms with E-state index in [4.69, 9.17) is 16.3 Å². The monoisotopic (exact) mass is 191 g/mol. The average molecular weight is 192 g/mol. The zero-order valence-corrected chi connectivity index (χ0v) is 7.93. The van der Waals surface area contributed by atoms with E-state index in [-0.39, 0.29) is 23.9 Å². The van der Waals surface area contributed by atoms with Crippen molar-refractivity contribution in [1.29, 1.82) is 0 Å². The minimum Gasteiger partial charge on any atom is -0.378 e. The van der Waals surface area contributed by atoms with Gasteiger partial charge in [-0.15, -0.1) is 11.6 Å². The highest BCUT2D eigenvalue weighted by molar-refractivity contribution is 6.27. The number of ether oxygens (including phenoxy) is 1. The highest BCUT2D eigenvalue weighted by atomic mass is 35.5. The molecule has 70 valence electrons. The van der Waals surface area contributed by atoms with Crippen molar-refractivity contribution in [3.8, 4) is 0 Å². The van der Waals surface area contributed by atoms with Crippen molar-refractivity contribution in [1.82, 2.24) is 5.32 Å². The minimum atomic E-state index is -0.0873. The number of hydrogen-bond donors (Lipinski definition) is 1. The molecular formula is C8H14ClNO2. The molecule has 1 fully saturated rings. The summed E-state index contributed by atoms with van der Waals surface area (Å²) in [4.78, 5) is 10.9. The zero-order chi connectivity index (χ0) is 8.97. The van der Waals surface area contributed by atoms with E-state index in [1.807, 2.05) is 6.92 Å². The van der Waals surface area contributed by atoms with Crippen LogP contribution in [0.4, 0.5) is 0 Å². The van der Waals surface area contributed by atoms with E-state index in [0.717, 1.165) is 19.4 Å². The highest BCUT2D eigenvalue weighted by Crippen LogP contribution is 2.12. The van der Waals surface area contributed by atoms with Crippen molar-refractivity contribution >= 4 is 17.5 Å². The Morgan fingerprint density at radius 3 is 3.08 bits per heavy atom. The number of amides is 1. The van der Waals surface area contributed by atoms with Gasteiger partial charge in [-0.2, -0.15) is 0 Å². The van der Waals surface area contributed by atoms with E-state index in [0.29, 0.717) is 0 Å². The molecular weight excluding hydrogens is 178 g/mol. The van der Waals surface area contributed by atoms with Crippen LogP contribution in [-0.2, 0) is 9.53 Å². The second kappa shape index (κ2) is 4.67. The van der Waals surface area contributed by atoms with E-state index in [1.54, 1.807) is 0 Å². The average Bonchev–Trinajstić information content (AvgIpc) is 2.04. The van der Waals surface area contributed by atoms with Crippen molar-refractivity contribution in [3.05, 3.63) is 0 Å². The number of alkyl halides is 1. The molecule has 1 amide bonds. The second-order valence-corrected chi connectivity index (χ2v) is 3.37. The summed E-state index contributed by atoms with van der Waals surface area (Å²) in [5.41, 5.74) is 0. The van der Waals surface area contributed by atoms with Crippen LogP contribution in [0, 0.1) is 0 Å². The Kier molecular flexibility index (Phi) is 3.82. The molecule has 1 N–H and O–H groups in total. The van der Waals surface area contributed by atoms with E-state index in [9.17, 15) is 4.79 Å². The smallest absolute Gasteiger partial charge is 0.235 e. The van der Waals surface area contributed by atoms with Crippen LogP contribution in [0.2, 0.25) is 0 Å². The second-order valence-electron chi connectivity index (χ2n) is 3.10. The Labute approximate surface area is 77.4 Å². The molecule has 1 aliphatic heterocycles. The number of hydrogen-bond acceptors (Lipinski definition) is 2. The molecule has 0 saturated carbocycles. The van der Waals surface area contributed by atoms with Crippen LogP contribution in [0.25, 0.3) is 0 Å². The summed E-state index contributed by atoms with van der Waals surface area (Å²) in [6.45, 7) is 2.74. The van der Waals surface area contributed by atoms with Gasteiger partial charge in [-0.25, -0.2) is 0 Å². The molecule has 1 rings (SSSR count). The first-order valence-corrected chi connectivity index (χ1v) is 4.72. The summed E-state index contributed by atoms with van der Waals surface area (Å²) in [7, 11) is 0. The predicted molar refractivity (Wildman–Crippen MR) is 47.3 cm³/mol. The fraction of sp³-hybridized carbons (Fsp3) is 0.875. The Morgan fingerprint density at radius 2 is 2.50 bits per heavy atom. The SMILES string of the molecule is CC1CC(NC(=O)CCl)CCO1. The van der Waals surface area contributed by atoms with Crippen molar-refractivity contribution in [3.63, 3.8) is 0 Å². The number of carbonyl (C=O) groups is 1. The van der Waals surface area contributed by atoms with Gasteiger partial charge < -0.3 is 10.1 Å². The molecule has 0 aromatic rings. The maximum atomic E-state index is 10.9. The van der Waals surface area contributed by atoms with Gasteiger partial charge in [0.15, 0.2) is 0 Å². The maximum Gasteiger partial charge on any atom is 0.235 e. The van der Waals surface area contributed by atoms with E-state index >= 15 is 0 Å². The molecule has 1 heterocycles. The summed E-state index contributed by atoms with van der Waals surface area (Å²) < 4.78 is 5.34. The Balaban J connectivity index is 2.27. The third-order valence-electron chi connectivity index (χ3n) is 1.97. The summed E-state index contributed by atoms with van der Waals surface area (Å²) >= 11 is 5.36. The number of halogens is 1. The molecule has 3 nitrogen and oxygen atoms in total. The van der Waals surface area contributed by atoms with Crippen LogP contribution in [0.15, 0.2) is 0 Å². The van der Waals surface area contributed by atoms with Crippen LogP contribution in [0.5, 0.6) is 0 Å². The number of nitrogens with one attached hydrogen (secondary N) is 1. The van der Waals surface area contributed by atoms with Crippen LogP contribution < -0.4 is 5.32 Å². The van der Waals surface area contributed by atoms with Gasteiger partial charge in [0.2, 0.25) is 5.91 Å². The lowest BCUT2D eigenvalue weighted by Gasteiger charge is -2.27. The normalized spacial score (nSPS) is 29.8. The maximum absolute atomic E-state index is 10.9. The van der Waals surface area contributed by atoms with Gasteiger partial charge in [-0.05, 0) is 19.8 Å². The molecule has 12 heavy (non-hydrogen) atoms. The highest BCUT2D eigenvalue weighted by Gasteiger charge is 2.20. The zero-order valence-electron chi connectivity index (χ0n) is 7.18. The fourth-order valence-corrected chi connectivity index (χ4v) is 1.47. The van der Waals surface area contributed by atoms with E-state index < -0.39 is 0 Å². The van der Waals surface area contributed by atoms with Crippen LogP contribution in [0.3, 0.4) is 0 Å². The van der Waals surface area contributed by atoms with Crippen LogP contribution >= 0.6 is 11.6 Å². The molecule has 0 aliphatic carbocycles. The summed E-state index contributed by atoms with van der Waals surface area (Å²) in [5, 5.41) is 2.85. The molecule has 0 aromatic carbocycles. The van der Waals surface area contributed by atoms with Crippen LogP contribution in [-0.4, -0.2) is 30.5 Å². The van der Waals surface area contributed by atoms with Crippen molar-refractivity contribution in [2.24, 2.45) is 0 Å². The Bertz CT molecular complexity index is 163. The van der Waals surface area contributed by atoms with Gasteiger partial charge in [-0.3, -0.25) is 4.79 Å². The fourth-order valence-electron chi connectivity index (χ4n) is 1.40. The number of rotatable bonds is 2. The van der Waals surface area contributed by atoms with Gasteiger partial charge >= 0.3 is 0 Å². The molecule has 1 saturated heterocycles. The van der Waals surface area contributed by atoms with Crippen molar-refractivity contribution < 1.29 is 9.53 Å². The van der Waals surface area contributed by atoms with Gasteiger partial charge in [0.1, 0.15) is 5.88 Å². The first kappa shape index (κ1) is 9.81. The first-order chi connectivity index (χ1) is 5.72. The lowest BCUT2D eigenvalue weighted by Crippen LogP contribution is -2.41. The quantitative estimate of drug-likeness (QED) is 0.659. The molecule has 0 radical (unpaired) electrons. The van der Waals surface area contributed by atoms with Gasteiger partial charge in [-0.1, -0.05) is 0 Å². The lowest BCUT2D eigenvalue weighted by molar-refractivity contribution is -0.120. The van der Waals surface area contributed by atoms with E-state index in [2.05, 4.69) is 5.32 Å². The molecule has 2 atom stereocenters. The molecule has 1 aliphatic rings. The first-order valence-electron chi connectivity index (χ1n) is 4.19. The molecule has 2 unspecified atom stereocenters. The largest absolute Gasteiger partial charge is 0.378 e. The summed E-state index contributed by atoms with van der Waals surface area (Å²) in [6, 6.07) is 0.250. The minimum absolute atomic E-state index is 0.0474. The predicted octanol–water partition coefficient (Wildman–Crippen LogP) is 0.909. The molecule has 4 heteroatoms. The van der Waals surface area contributed by atoms with E-state index in [1.165, 1.54) is 0 Å². The third kappa shape index (κ3) is 2.99. The van der Waals surface area contributed by atoms with Gasteiger partial charge in [0.25, 0.3) is 0 Å². The third-order valence-corrected chi connectivity index (χ3v) is 2.21. The van der Waals surface area contributed by atoms with Crippen molar-refractivity contribution in [2.75, 3.05) is 12.5 Å². The van der Waals surface area contributed by atoms with Crippen molar-refractivity contribution in [2.45, 2.75) is 31.9 Å². The van der Waals surface area contributed by atoms with Crippen LogP contribution in [0.1, 0.15) is 19.8 Å². The molecule has 0 bridgehead atoms. The van der Waals surface area contributed by atoms with Gasteiger partial charge in [0, 0.05) is 12.6 Å². The number of carbonyl (C=O) groups excluding carboxylic acids is 1. The summed E-state index contributed by atoms with van der Waals surface area (Å²) in [5.74, 6) is -0.0399. The summed E-state index contributed by atoms with van der Waals surface area (Å²) in [6.07, 6.45) is 2.04. The van der Waals surface area contributed by atoms with Gasteiger partial charge in [0.05, 0.1) is 6.10 Å². The Morgan fingerprint density at radius 1 is 1.75 bits per heavy atom. The molecule has 0 spiro atoms. The molecule has 0 aromatic heterocycles. The Hall–Kier alpha value is -0.280. The lowest BCUT2D eigenvalue weighted by atomic mass is 10.0. The topological polar surface area (TPSA) is 38.3 Å². The standard InChI is InChI=1S/C8H14ClNO2/c1-6-4-7(2-3-12-6)10-8(11)5-9/h6-7H,2-5H2,1H3,(H,10,11).